The van der Waals surface area contributed by atoms with E-state index in [9.17, 15) is 0 Å². The molecule has 4 heterocycles. The van der Waals surface area contributed by atoms with Crippen LogP contribution in [0.3, 0.4) is 0 Å². The SMILES string of the molecule is CCCc1cc(N2CCCC[C@@H]2CC)n2nc(-c3cccnc3)nc2n1. The number of nitrogens with zero attached hydrogens (tertiary/aromatic N) is 6. The van der Waals surface area contributed by atoms with Crippen molar-refractivity contribution in [1.29, 1.82) is 0 Å². The van der Waals surface area contributed by atoms with Crippen molar-refractivity contribution in [3.8, 4) is 11.4 Å². The van der Waals surface area contributed by atoms with Crippen LogP contribution in [-0.4, -0.2) is 37.2 Å². The predicted molar refractivity (Wildman–Crippen MR) is 103 cm³/mol. The van der Waals surface area contributed by atoms with E-state index in [1.54, 1.807) is 12.4 Å². The standard InChI is InChI=1S/C20H26N6/c1-3-8-16-13-18(25-12-6-5-10-17(25)4-2)26-20(22-16)23-19(24-26)15-9-7-11-21-14-15/h7,9,11,13-14,17H,3-6,8,10,12H2,1-2H3/t17-/m0/s1. The third kappa shape index (κ3) is 3.16. The van der Waals surface area contributed by atoms with Crippen molar-refractivity contribution >= 4 is 11.6 Å². The van der Waals surface area contributed by atoms with Gasteiger partial charge in [-0.2, -0.15) is 9.50 Å². The molecule has 0 saturated carbocycles. The Kier molecular flexibility index (Phi) is 4.82. The minimum Gasteiger partial charge on any atom is -0.353 e. The molecular formula is C20H26N6. The highest BCUT2D eigenvalue weighted by Crippen LogP contribution is 2.28. The lowest BCUT2D eigenvalue weighted by molar-refractivity contribution is 0.444. The van der Waals surface area contributed by atoms with Crippen molar-refractivity contribution in [2.45, 2.75) is 58.4 Å². The number of piperidine rings is 1. The Morgan fingerprint density at radius 3 is 2.88 bits per heavy atom. The maximum absolute atomic E-state index is 4.79. The Balaban J connectivity index is 1.85. The lowest BCUT2D eigenvalue weighted by atomic mass is 10.00. The first-order chi connectivity index (χ1) is 12.8. The molecule has 0 aliphatic carbocycles. The Morgan fingerprint density at radius 2 is 2.12 bits per heavy atom. The molecule has 4 rings (SSSR count). The van der Waals surface area contributed by atoms with Gasteiger partial charge in [0.15, 0.2) is 5.82 Å². The molecule has 26 heavy (non-hydrogen) atoms. The lowest BCUT2D eigenvalue weighted by Crippen LogP contribution is -2.40. The molecule has 0 bridgehead atoms. The van der Waals surface area contributed by atoms with Crippen molar-refractivity contribution in [3.63, 3.8) is 0 Å². The number of pyridine rings is 1. The zero-order valence-corrected chi connectivity index (χ0v) is 15.6. The fraction of sp³-hybridized carbons (Fsp3) is 0.500. The van der Waals surface area contributed by atoms with E-state index in [4.69, 9.17) is 15.1 Å². The van der Waals surface area contributed by atoms with Gasteiger partial charge >= 0.3 is 0 Å². The largest absolute Gasteiger partial charge is 0.353 e. The number of aromatic nitrogens is 5. The third-order valence-corrected chi connectivity index (χ3v) is 5.16. The van der Waals surface area contributed by atoms with Crippen LogP contribution in [0.1, 0.15) is 51.6 Å². The van der Waals surface area contributed by atoms with E-state index in [2.05, 4.69) is 29.8 Å². The summed E-state index contributed by atoms with van der Waals surface area (Å²) in [6.07, 6.45) is 10.5. The van der Waals surface area contributed by atoms with Crippen LogP contribution in [0.5, 0.6) is 0 Å². The Morgan fingerprint density at radius 1 is 1.19 bits per heavy atom. The summed E-state index contributed by atoms with van der Waals surface area (Å²) in [5.41, 5.74) is 2.02. The Bertz CT molecular complexity index is 873. The number of aryl methyl sites for hydroxylation is 1. The maximum Gasteiger partial charge on any atom is 0.254 e. The average Bonchev–Trinajstić information content (AvgIpc) is 3.12. The van der Waals surface area contributed by atoms with Gasteiger partial charge < -0.3 is 4.90 Å². The van der Waals surface area contributed by atoms with Gasteiger partial charge in [0.2, 0.25) is 0 Å². The fourth-order valence-corrected chi connectivity index (χ4v) is 3.83. The summed E-state index contributed by atoms with van der Waals surface area (Å²) in [6, 6.07) is 6.68. The molecule has 3 aromatic heterocycles. The van der Waals surface area contributed by atoms with Gasteiger partial charge in [0.05, 0.1) is 0 Å². The van der Waals surface area contributed by atoms with Crippen LogP contribution in [0, 0.1) is 0 Å². The highest BCUT2D eigenvalue weighted by atomic mass is 15.4. The van der Waals surface area contributed by atoms with E-state index in [0.717, 1.165) is 42.9 Å². The van der Waals surface area contributed by atoms with Gasteiger partial charge in [-0.25, -0.2) is 4.98 Å². The third-order valence-electron chi connectivity index (χ3n) is 5.16. The molecule has 0 N–H and O–H groups in total. The molecule has 6 heteroatoms. The Labute approximate surface area is 154 Å². The second-order valence-electron chi connectivity index (χ2n) is 7.00. The van der Waals surface area contributed by atoms with Crippen LogP contribution in [0.4, 0.5) is 5.82 Å². The first kappa shape index (κ1) is 16.9. The monoisotopic (exact) mass is 350 g/mol. The summed E-state index contributed by atoms with van der Waals surface area (Å²) >= 11 is 0. The molecule has 1 saturated heterocycles. The second kappa shape index (κ2) is 7.40. The summed E-state index contributed by atoms with van der Waals surface area (Å²) in [6.45, 7) is 5.54. The Hall–Kier alpha value is -2.50. The van der Waals surface area contributed by atoms with E-state index in [-0.39, 0.29) is 0 Å². The zero-order valence-electron chi connectivity index (χ0n) is 15.6. The normalized spacial score (nSPS) is 17.8. The van der Waals surface area contributed by atoms with E-state index < -0.39 is 0 Å². The van der Waals surface area contributed by atoms with E-state index >= 15 is 0 Å². The number of hydrogen-bond donors (Lipinski definition) is 0. The fourth-order valence-electron chi connectivity index (χ4n) is 3.83. The number of hydrogen-bond acceptors (Lipinski definition) is 5. The zero-order chi connectivity index (χ0) is 17.9. The highest BCUT2D eigenvalue weighted by Gasteiger charge is 2.25. The molecule has 1 fully saturated rings. The van der Waals surface area contributed by atoms with Crippen LogP contribution in [-0.2, 0) is 6.42 Å². The van der Waals surface area contributed by atoms with Gasteiger partial charge in [-0.15, -0.1) is 5.10 Å². The smallest absolute Gasteiger partial charge is 0.254 e. The second-order valence-corrected chi connectivity index (χ2v) is 7.00. The molecule has 0 amide bonds. The number of fused-ring (bicyclic) bond motifs is 1. The van der Waals surface area contributed by atoms with Gasteiger partial charge in [0, 0.05) is 42.3 Å². The molecule has 0 radical (unpaired) electrons. The average molecular weight is 350 g/mol. The van der Waals surface area contributed by atoms with Crippen LogP contribution < -0.4 is 4.90 Å². The summed E-state index contributed by atoms with van der Waals surface area (Å²) in [5.74, 6) is 2.50. The van der Waals surface area contributed by atoms with Gasteiger partial charge in [-0.1, -0.05) is 20.3 Å². The predicted octanol–water partition coefficient (Wildman–Crippen LogP) is 3.91. The quantitative estimate of drug-likeness (QED) is 0.698. The summed E-state index contributed by atoms with van der Waals surface area (Å²) in [4.78, 5) is 16.2. The highest BCUT2D eigenvalue weighted by molar-refractivity contribution is 5.58. The molecule has 6 nitrogen and oxygen atoms in total. The van der Waals surface area contributed by atoms with Crippen LogP contribution in [0.2, 0.25) is 0 Å². The minimum absolute atomic E-state index is 0.565. The van der Waals surface area contributed by atoms with Gasteiger partial charge in [-0.05, 0) is 44.2 Å². The molecule has 136 valence electrons. The van der Waals surface area contributed by atoms with Crippen molar-refractivity contribution in [1.82, 2.24) is 24.6 Å². The summed E-state index contributed by atoms with van der Waals surface area (Å²) in [5, 5.41) is 4.79. The first-order valence-corrected chi connectivity index (χ1v) is 9.74. The van der Waals surface area contributed by atoms with Crippen molar-refractivity contribution < 1.29 is 0 Å². The van der Waals surface area contributed by atoms with Gasteiger partial charge in [0.25, 0.3) is 5.78 Å². The van der Waals surface area contributed by atoms with E-state index in [0.29, 0.717) is 17.6 Å². The van der Waals surface area contributed by atoms with Gasteiger partial charge in [0.1, 0.15) is 5.82 Å². The molecule has 1 aliphatic rings. The molecule has 0 spiro atoms. The maximum atomic E-state index is 4.79. The molecule has 0 unspecified atom stereocenters. The molecule has 1 atom stereocenters. The molecule has 3 aromatic rings. The van der Waals surface area contributed by atoms with Crippen LogP contribution >= 0.6 is 0 Å². The van der Waals surface area contributed by atoms with Crippen LogP contribution in [0.25, 0.3) is 17.2 Å². The summed E-state index contributed by atoms with van der Waals surface area (Å²) < 4.78 is 1.93. The van der Waals surface area contributed by atoms with Crippen LogP contribution in [0.15, 0.2) is 30.6 Å². The van der Waals surface area contributed by atoms with Crippen molar-refractivity contribution in [3.05, 3.63) is 36.3 Å². The number of rotatable bonds is 5. The van der Waals surface area contributed by atoms with Crippen molar-refractivity contribution in [2.24, 2.45) is 0 Å². The molecule has 1 aliphatic heterocycles. The minimum atomic E-state index is 0.565. The molecule has 0 aromatic carbocycles. The molecular weight excluding hydrogens is 324 g/mol. The lowest BCUT2D eigenvalue weighted by Gasteiger charge is -2.37. The number of anilines is 1. The van der Waals surface area contributed by atoms with E-state index in [1.807, 2.05) is 16.6 Å². The van der Waals surface area contributed by atoms with E-state index in [1.165, 1.54) is 19.3 Å². The first-order valence-electron chi connectivity index (χ1n) is 9.74. The van der Waals surface area contributed by atoms with Gasteiger partial charge in [-0.3, -0.25) is 4.98 Å². The summed E-state index contributed by atoms with van der Waals surface area (Å²) in [7, 11) is 0. The van der Waals surface area contributed by atoms with Crippen molar-refractivity contribution in [2.75, 3.05) is 11.4 Å². The topological polar surface area (TPSA) is 59.2 Å².